The Kier molecular flexibility index (Phi) is 4.48. The van der Waals surface area contributed by atoms with Gasteiger partial charge in [0.1, 0.15) is 11.1 Å². The van der Waals surface area contributed by atoms with Gasteiger partial charge in [0.25, 0.3) is 0 Å². The van der Waals surface area contributed by atoms with Gasteiger partial charge in [-0.3, -0.25) is 4.79 Å². The summed E-state index contributed by atoms with van der Waals surface area (Å²) >= 11 is 1.50. The first-order valence-corrected chi connectivity index (χ1v) is 8.29. The minimum atomic E-state index is -0.357. The monoisotopic (exact) mass is 315 g/mol. The van der Waals surface area contributed by atoms with E-state index in [-0.39, 0.29) is 17.0 Å². The second-order valence-corrected chi connectivity index (χ2v) is 6.82. The van der Waals surface area contributed by atoms with Gasteiger partial charge >= 0.3 is 0 Å². The van der Waals surface area contributed by atoms with Crippen LogP contribution in [-0.4, -0.2) is 11.9 Å². The molecule has 1 fully saturated rings. The topological polar surface area (TPSA) is 29.1 Å². The molecule has 0 bridgehead atoms. The molecule has 1 aliphatic rings. The van der Waals surface area contributed by atoms with Crippen LogP contribution in [0, 0.1) is 12.7 Å². The molecule has 114 valence electrons. The summed E-state index contributed by atoms with van der Waals surface area (Å²) in [7, 11) is 0. The van der Waals surface area contributed by atoms with Crippen LogP contribution in [0.2, 0.25) is 0 Å². The maximum Gasteiger partial charge on any atom is 0.238 e. The van der Waals surface area contributed by atoms with Crippen molar-refractivity contribution in [3.63, 3.8) is 0 Å². The molecule has 0 radical (unpaired) electrons. The Labute approximate surface area is 134 Å². The molecule has 1 N–H and O–H groups in total. The van der Waals surface area contributed by atoms with Crippen LogP contribution in [0.4, 0.5) is 4.39 Å². The van der Waals surface area contributed by atoms with Crippen LogP contribution in [0.25, 0.3) is 0 Å². The molecule has 3 rings (SSSR count). The summed E-state index contributed by atoms with van der Waals surface area (Å²) in [5.41, 5.74) is 2.01. The minimum absolute atomic E-state index is 0.000293. The largest absolute Gasteiger partial charge is 0.352 e. The number of thioether (sulfide) groups is 1. The summed E-state index contributed by atoms with van der Waals surface area (Å²) in [6.07, 6.45) is 2.11. The summed E-state index contributed by atoms with van der Waals surface area (Å²) in [6.45, 7) is 2.03. The fourth-order valence-corrected chi connectivity index (χ4v) is 3.20. The molecule has 2 aromatic rings. The third-order valence-corrected chi connectivity index (χ3v) is 4.88. The van der Waals surface area contributed by atoms with Gasteiger partial charge in [0.2, 0.25) is 5.91 Å². The molecule has 1 amide bonds. The number of benzene rings is 2. The second-order valence-electron chi connectivity index (χ2n) is 5.65. The van der Waals surface area contributed by atoms with Crippen molar-refractivity contribution in [2.45, 2.75) is 36.0 Å². The Bertz CT molecular complexity index is 650. The molecule has 0 aliphatic heterocycles. The van der Waals surface area contributed by atoms with Gasteiger partial charge in [-0.2, -0.15) is 0 Å². The van der Waals surface area contributed by atoms with Crippen LogP contribution < -0.4 is 5.32 Å². The van der Waals surface area contributed by atoms with Crippen LogP contribution in [-0.2, 0) is 4.79 Å². The third kappa shape index (κ3) is 3.89. The van der Waals surface area contributed by atoms with Gasteiger partial charge < -0.3 is 5.32 Å². The number of rotatable bonds is 5. The highest BCUT2D eigenvalue weighted by Crippen LogP contribution is 2.36. The van der Waals surface area contributed by atoms with E-state index in [0.29, 0.717) is 6.04 Å². The highest BCUT2D eigenvalue weighted by Gasteiger charge is 2.29. The number of hydrogen-bond acceptors (Lipinski definition) is 2. The number of carbonyl (C=O) groups is 1. The van der Waals surface area contributed by atoms with Crippen molar-refractivity contribution < 1.29 is 9.18 Å². The van der Waals surface area contributed by atoms with Gasteiger partial charge in [0.05, 0.1) is 0 Å². The van der Waals surface area contributed by atoms with E-state index in [1.165, 1.54) is 29.5 Å². The molecule has 0 saturated heterocycles. The zero-order valence-corrected chi connectivity index (χ0v) is 13.2. The number of aryl methyl sites for hydroxylation is 1. The van der Waals surface area contributed by atoms with Crippen LogP contribution >= 0.6 is 11.8 Å². The van der Waals surface area contributed by atoms with Gasteiger partial charge in [0.15, 0.2) is 0 Å². The van der Waals surface area contributed by atoms with Crippen molar-refractivity contribution in [2.24, 2.45) is 0 Å². The zero-order valence-electron chi connectivity index (χ0n) is 12.4. The standard InChI is InChI=1S/C18H18FNOS/c1-12-2-10-16(11-3-12)22-17(18(21)20-15-8-9-15)13-4-6-14(19)7-5-13/h2-7,10-11,15,17H,8-9H2,1H3,(H,20,21). The summed E-state index contributed by atoms with van der Waals surface area (Å²) in [5, 5.41) is 2.69. The van der Waals surface area contributed by atoms with Crippen molar-refractivity contribution in [2.75, 3.05) is 0 Å². The average Bonchev–Trinajstić information content (AvgIpc) is 3.31. The number of amides is 1. The van der Waals surface area contributed by atoms with Crippen LogP contribution in [0.1, 0.15) is 29.2 Å². The highest BCUT2D eigenvalue weighted by atomic mass is 32.2. The van der Waals surface area contributed by atoms with Gasteiger partial charge in [-0.05, 0) is 49.6 Å². The lowest BCUT2D eigenvalue weighted by Crippen LogP contribution is -2.29. The molecule has 2 nitrogen and oxygen atoms in total. The predicted octanol–water partition coefficient (Wildman–Crippen LogP) is 4.25. The summed E-state index contributed by atoms with van der Waals surface area (Å²) in [4.78, 5) is 13.6. The molecule has 1 unspecified atom stereocenters. The van der Waals surface area contributed by atoms with Gasteiger partial charge in [-0.15, -0.1) is 11.8 Å². The Hall–Kier alpha value is -1.81. The normalized spacial score (nSPS) is 15.4. The Balaban J connectivity index is 1.82. The Morgan fingerprint density at radius 1 is 1.14 bits per heavy atom. The van der Waals surface area contributed by atoms with E-state index in [0.717, 1.165) is 23.3 Å². The number of hydrogen-bond donors (Lipinski definition) is 1. The fraction of sp³-hybridized carbons (Fsp3) is 0.278. The lowest BCUT2D eigenvalue weighted by molar-refractivity contribution is -0.120. The van der Waals surface area contributed by atoms with Crippen LogP contribution in [0.3, 0.4) is 0 Å². The van der Waals surface area contributed by atoms with E-state index in [2.05, 4.69) is 5.32 Å². The van der Waals surface area contributed by atoms with Crippen molar-refractivity contribution in [3.05, 3.63) is 65.5 Å². The van der Waals surface area contributed by atoms with E-state index in [4.69, 9.17) is 0 Å². The van der Waals surface area contributed by atoms with Gasteiger partial charge in [0, 0.05) is 10.9 Å². The van der Waals surface area contributed by atoms with Crippen molar-refractivity contribution in [1.82, 2.24) is 5.32 Å². The molecular formula is C18H18FNOS. The number of nitrogens with one attached hydrogen (secondary N) is 1. The first-order valence-electron chi connectivity index (χ1n) is 7.41. The highest BCUT2D eigenvalue weighted by molar-refractivity contribution is 8.00. The van der Waals surface area contributed by atoms with E-state index in [1.54, 1.807) is 12.1 Å². The molecule has 0 spiro atoms. The number of halogens is 1. The predicted molar refractivity (Wildman–Crippen MR) is 87.3 cm³/mol. The van der Waals surface area contributed by atoms with Crippen molar-refractivity contribution in [3.8, 4) is 0 Å². The molecular weight excluding hydrogens is 297 g/mol. The second kappa shape index (κ2) is 6.53. The van der Waals surface area contributed by atoms with Gasteiger partial charge in [-0.25, -0.2) is 4.39 Å². The maximum absolute atomic E-state index is 13.1. The molecule has 0 aromatic heterocycles. The molecule has 1 saturated carbocycles. The van der Waals surface area contributed by atoms with Crippen LogP contribution in [0.15, 0.2) is 53.4 Å². The quantitative estimate of drug-likeness (QED) is 0.836. The lowest BCUT2D eigenvalue weighted by atomic mass is 10.1. The smallest absolute Gasteiger partial charge is 0.238 e. The molecule has 1 atom stereocenters. The molecule has 22 heavy (non-hydrogen) atoms. The fourth-order valence-electron chi connectivity index (χ4n) is 2.17. The number of carbonyl (C=O) groups excluding carboxylic acids is 1. The average molecular weight is 315 g/mol. The van der Waals surface area contributed by atoms with E-state index >= 15 is 0 Å². The summed E-state index contributed by atoms with van der Waals surface area (Å²) < 4.78 is 13.1. The minimum Gasteiger partial charge on any atom is -0.352 e. The molecule has 4 heteroatoms. The summed E-state index contributed by atoms with van der Waals surface area (Å²) in [6, 6.07) is 14.6. The van der Waals surface area contributed by atoms with Crippen molar-refractivity contribution >= 4 is 17.7 Å². The molecule has 2 aromatic carbocycles. The van der Waals surface area contributed by atoms with E-state index in [1.807, 2.05) is 31.2 Å². The Morgan fingerprint density at radius 2 is 1.77 bits per heavy atom. The SMILES string of the molecule is Cc1ccc(SC(C(=O)NC2CC2)c2ccc(F)cc2)cc1. The Morgan fingerprint density at radius 3 is 2.36 bits per heavy atom. The van der Waals surface area contributed by atoms with E-state index < -0.39 is 0 Å². The molecule has 1 aliphatic carbocycles. The summed E-state index contributed by atoms with van der Waals surface area (Å²) in [5.74, 6) is -0.287. The lowest BCUT2D eigenvalue weighted by Gasteiger charge is -2.17. The van der Waals surface area contributed by atoms with Gasteiger partial charge in [-0.1, -0.05) is 29.8 Å². The first kappa shape index (κ1) is 15.1. The van der Waals surface area contributed by atoms with Crippen LogP contribution in [0.5, 0.6) is 0 Å². The van der Waals surface area contributed by atoms with E-state index in [9.17, 15) is 9.18 Å². The van der Waals surface area contributed by atoms with Crippen molar-refractivity contribution in [1.29, 1.82) is 0 Å². The zero-order chi connectivity index (χ0) is 15.5. The third-order valence-electron chi connectivity index (χ3n) is 3.61. The first-order chi connectivity index (χ1) is 10.6. The maximum atomic E-state index is 13.1. The molecule has 0 heterocycles.